The van der Waals surface area contributed by atoms with Crippen molar-refractivity contribution < 1.29 is 9.47 Å². The van der Waals surface area contributed by atoms with Crippen LogP contribution in [0.1, 0.15) is 9.88 Å². The average Bonchev–Trinajstić information content (AvgIpc) is 2.82. The summed E-state index contributed by atoms with van der Waals surface area (Å²) in [5.41, 5.74) is 0.996. The van der Waals surface area contributed by atoms with Crippen LogP contribution in [-0.4, -0.2) is 18.2 Å². The Kier molecular flexibility index (Phi) is 3.61. The van der Waals surface area contributed by atoms with Crippen LogP contribution in [0.2, 0.25) is 0 Å². The number of rotatable bonds is 3. The van der Waals surface area contributed by atoms with E-state index in [2.05, 4.69) is 26.2 Å². The molecule has 100 valence electrons. The largest absolute Gasteiger partial charge is 0.486 e. The van der Waals surface area contributed by atoms with Crippen LogP contribution in [0.4, 0.5) is 5.69 Å². The lowest BCUT2D eigenvalue weighted by atomic mass is 10.2. The lowest BCUT2D eigenvalue weighted by Gasteiger charge is -2.20. The Bertz CT molecular complexity index is 600. The molecule has 3 rings (SSSR count). The van der Waals surface area contributed by atoms with Crippen molar-refractivity contribution in [3.8, 4) is 11.5 Å². The monoisotopic (exact) mass is 340 g/mol. The summed E-state index contributed by atoms with van der Waals surface area (Å²) >= 11 is 5.24. The normalized spacial score (nSPS) is 13.4. The highest BCUT2D eigenvalue weighted by Gasteiger charge is 2.14. The number of ether oxygens (including phenoxy) is 2. The van der Waals surface area contributed by atoms with Crippen molar-refractivity contribution in [2.45, 2.75) is 13.5 Å². The number of anilines is 1. The Labute approximate surface area is 123 Å². The Morgan fingerprint density at radius 2 is 2.05 bits per heavy atom. The number of aryl methyl sites for hydroxylation is 1. The maximum Gasteiger partial charge on any atom is 0.163 e. The van der Waals surface area contributed by atoms with Crippen LogP contribution in [0, 0.1) is 6.92 Å². The van der Waals surface area contributed by atoms with Crippen LogP contribution in [0.25, 0.3) is 0 Å². The van der Waals surface area contributed by atoms with Crippen molar-refractivity contribution >= 4 is 33.0 Å². The van der Waals surface area contributed by atoms with E-state index in [-0.39, 0.29) is 0 Å². The van der Waals surface area contributed by atoms with Gasteiger partial charge in [-0.2, -0.15) is 0 Å². The van der Waals surface area contributed by atoms with Gasteiger partial charge in [0.2, 0.25) is 0 Å². The minimum absolute atomic E-state index is 0.599. The molecule has 2 aromatic rings. The van der Waals surface area contributed by atoms with Crippen molar-refractivity contribution in [1.82, 2.24) is 4.98 Å². The third-order valence-corrected chi connectivity index (χ3v) is 4.32. The molecule has 1 N–H and O–H groups in total. The van der Waals surface area contributed by atoms with Gasteiger partial charge < -0.3 is 14.8 Å². The van der Waals surface area contributed by atoms with E-state index >= 15 is 0 Å². The van der Waals surface area contributed by atoms with E-state index in [0.717, 1.165) is 33.2 Å². The van der Waals surface area contributed by atoms with E-state index in [1.165, 1.54) is 4.88 Å². The number of aromatic nitrogens is 1. The van der Waals surface area contributed by atoms with Gasteiger partial charge in [-0.25, -0.2) is 4.98 Å². The van der Waals surface area contributed by atoms with Gasteiger partial charge in [0, 0.05) is 27.7 Å². The highest BCUT2D eigenvalue weighted by atomic mass is 79.9. The van der Waals surface area contributed by atoms with Gasteiger partial charge in [0.15, 0.2) is 11.5 Å². The molecule has 1 aromatic heterocycles. The molecule has 0 unspecified atom stereocenters. The summed E-state index contributed by atoms with van der Waals surface area (Å²) in [4.78, 5) is 5.45. The summed E-state index contributed by atoms with van der Waals surface area (Å²) in [6.45, 7) is 3.96. The summed E-state index contributed by atoms with van der Waals surface area (Å²) in [5, 5.41) is 4.46. The Morgan fingerprint density at radius 1 is 1.32 bits per heavy atom. The van der Waals surface area contributed by atoms with Crippen molar-refractivity contribution in [2.75, 3.05) is 18.5 Å². The number of hydrogen-bond donors (Lipinski definition) is 1. The second-order valence-corrected chi connectivity index (χ2v) is 6.35. The van der Waals surface area contributed by atoms with Gasteiger partial charge >= 0.3 is 0 Å². The topological polar surface area (TPSA) is 43.4 Å². The second kappa shape index (κ2) is 5.38. The van der Waals surface area contributed by atoms with Crippen LogP contribution in [0.3, 0.4) is 0 Å². The lowest BCUT2D eigenvalue weighted by molar-refractivity contribution is 0.171. The smallest absolute Gasteiger partial charge is 0.163 e. The first-order valence-corrected chi connectivity index (χ1v) is 7.57. The van der Waals surface area contributed by atoms with Crippen molar-refractivity contribution in [3.63, 3.8) is 0 Å². The fourth-order valence-electron chi connectivity index (χ4n) is 1.87. The maximum absolute atomic E-state index is 5.58. The summed E-state index contributed by atoms with van der Waals surface area (Å²) < 4.78 is 12.1. The zero-order valence-electron chi connectivity index (χ0n) is 10.4. The van der Waals surface area contributed by atoms with Crippen molar-refractivity contribution in [1.29, 1.82) is 0 Å². The number of halogens is 1. The van der Waals surface area contributed by atoms with Gasteiger partial charge in [0.05, 0.1) is 17.2 Å². The quantitative estimate of drug-likeness (QED) is 0.926. The SMILES string of the molecule is Cc1ncc(CNc2cc3c(cc2Br)OCCO3)s1. The third-order valence-electron chi connectivity index (χ3n) is 2.75. The summed E-state index contributed by atoms with van der Waals surface area (Å²) in [7, 11) is 0. The van der Waals surface area contributed by atoms with Gasteiger partial charge in [0.25, 0.3) is 0 Å². The molecule has 1 aliphatic heterocycles. The Hall–Kier alpha value is -1.27. The molecule has 0 saturated heterocycles. The highest BCUT2D eigenvalue weighted by Crippen LogP contribution is 2.38. The molecule has 0 fully saturated rings. The van der Waals surface area contributed by atoms with Crippen LogP contribution < -0.4 is 14.8 Å². The summed E-state index contributed by atoms with van der Waals surface area (Å²) in [6, 6.07) is 3.90. The van der Waals surface area contributed by atoms with Gasteiger partial charge in [0.1, 0.15) is 13.2 Å². The Balaban J connectivity index is 1.77. The van der Waals surface area contributed by atoms with Gasteiger partial charge in [-0.1, -0.05) is 0 Å². The number of thiazole rings is 1. The molecule has 0 bridgehead atoms. The van der Waals surface area contributed by atoms with Crippen LogP contribution in [-0.2, 0) is 6.54 Å². The minimum atomic E-state index is 0.599. The summed E-state index contributed by atoms with van der Waals surface area (Å²) in [6.07, 6.45) is 1.90. The molecule has 0 atom stereocenters. The standard InChI is InChI=1S/C13H13BrN2O2S/c1-8-15-6-9(19-8)7-16-11-5-13-12(4-10(11)14)17-2-3-18-13/h4-6,16H,2-3,7H2,1H3. The molecular formula is C13H13BrN2O2S. The molecule has 6 heteroatoms. The number of nitrogens with zero attached hydrogens (tertiary/aromatic N) is 1. The molecule has 19 heavy (non-hydrogen) atoms. The first-order chi connectivity index (χ1) is 9.22. The molecule has 4 nitrogen and oxygen atoms in total. The van der Waals surface area contributed by atoms with Gasteiger partial charge in [-0.05, 0) is 22.9 Å². The molecule has 0 spiro atoms. The number of nitrogens with one attached hydrogen (secondary N) is 1. The molecule has 0 aliphatic carbocycles. The van der Waals surface area contributed by atoms with Crippen LogP contribution in [0.15, 0.2) is 22.8 Å². The second-order valence-electron chi connectivity index (χ2n) is 4.17. The van der Waals surface area contributed by atoms with E-state index in [0.29, 0.717) is 13.2 Å². The lowest BCUT2D eigenvalue weighted by Crippen LogP contribution is -2.15. The van der Waals surface area contributed by atoms with Crippen molar-refractivity contribution in [2.24, 2.45) is 0 Å². The fraction of sp³-hybridized carbons (Fsp3) is 0.308. The fourth-order valence-corrected chi connectivity index (χ4v) is 3.07. The molecule has 0 radical (unpaired) electrons. The predicted molar refractivity (Wildman–Crippen MR) is 79.3 cm³/mol. The van der Waals surface area contributed by atoms with E-state index in [4.69, 9.17) is 9.47 Å². The average molecular weight is 341 g/mol. The summed E-state index contributed by atoms with van der Waals surface area (Å²) in [5.74, 6) is 1.58. The zero-order valence-corrected chi connectivity index (χ0v) is 12.8. The first-order valence-electron chi connectivity index (χ1n) is 5.97. The molecule has 0 amide bonds. The van der Waals surface area contributed by atoms with E-state index < -0.39 is 0 Å². The number of hydrogen-bond acceptors (Lipinski definition) is 5. The first kappa shape index (κ1) is 12.7. The van der Waals surface area contributed by atoms with Crippen LogP contribution >= 0.6 is 27.3 Å². The van der Waals surface area contributed by atoms with Gasteiger partial charge in [-0.3, -0.25) is 0 Å². The predicted octanol–water partition coefficient (Wildman–Crippen LogP) is 3.60. The minimum Gasteiger partial charge on any atom is -0.486 e. The number of fused-ring (bicyclic) bond motifs is 1. The Morgan fingerprint density at radius 3 is 2.74 bits per heavy atom. The molecular weight excluding hydrogens is 328 g/mol. The third kappa shape index (κ3) is 2.84. The highest BCUT2D eigenvalue weighted by molar-refractivity contribution is 9.10. The molecule has 1 aromatic carbocycles. The van der Waals surface area contributed by atoms with Gasteiger partial charge in [-0.15, -0.1) is 11.3 Å². The van der Waals surface area contributed by atoms with E-state index in [9.17, 15) is 0 Å². The van der Waals surface area contributed by atoms with E-state index in [1.807, 2.05) is 25.3 Å². The molecule has 2 heterocycles. The van der Waals surface area contributed by atoms with Crippen molar-refractivity contribution in [3.05, 3.63) is 32.7 Å². The molecule has 0 saturated carbocycles. The number of benzene rings is 1. The maximum atomic E-state index is 5.58. The van der Waals surface area contributed by atoms with E-state index in [1.54, 1.807) is 11.3 Å². The zero-order chi connectivity index (χ0) is 13.2. The van der Waals surface area contributed by atoms with Crippen LogP contribution in [0.5, 0.6) is 11.5 Å². The molecule has 1 aliphatic rings.